The topological polar surface area (TPSA) is 140 Å². The number of carboxylic acid groups (broad SMARTS) is 1. The molecule has 1 amide bonds. The van der Waals surface area contributed by atoms with Crippen molar-refractivity contribution in [3.05, 3.63) is 40.3 Å². The number of amides is 1. The molecule has 2 saturated heterocycles. The van der Waals surface area contributed by atoms with E-state index < -0.39 is 18.5 Å². The largest absolute Gasteiger partial charge is 0.479 e. The molecule has 1 aromatic heterocycles. The number of carbonyl (C=O) groups is 2. The van der Waals surface area contributed by atoms with E-state index in [0.29, 0.717) is 23.6 Å². The first kappa shape index (κ1) is 28.8. The molecule has 2 aliphatic heterocycles. The molecule has 4 bridgehead atoms. The van der Waals surface area contributed by atoms with Crippen molar-refractivity contribution in [3.63, 3.8) is 0 Å². The second-order valence-corrected chi connectivity index (χ2v) is 13.0. The number of piperidine rings is 2. The number of primary amides is 1. The Morgan fingerprint density at radius 3 is 2.26 bits per heavy atom. The van der Waals surface area contributed by atoms with Crippen LogP contribution in [0.3, 0.4) is 0 Å². The summed E-state index contributed by atoms with van der Waals surface area (Å²) in [6.07, 6.45) is 15.0. The number of benzene rings is 1. The number of fused-ring (bicyclic) bond motifs is 5. The molecule has 2 aromatic rings. The van der Waals surface area contributed by atoms with E-state index in [2.05, 4.69) is 15.0 Å². The number of nitrogens with two attached hydrogens (primary N) is 1. The van der Waals surface area contributed by atoms with Crippen LogP contribution in [0.5, 0.6) is 0 Å². The van der Waals surface area contributed by atoms with E-state index in [9.17, 15) is 14.4 Å². The van der Waals surface area contributed by atoms with Gasteiger partial charge in [0.25, 0.3) is 5.56 Å². The zero-order valence-corrected chi connectivity index (χ0v) is 24.3. The minimum absolute atomic E-state index is 0.0129. The molecule has 10 nitrogen and oxygen atoms in total. The molecule has 3 N–H and O–H groups in total. The minimum Gasteiger partial charge on any atom is -0.479 e. The van der Waals surface area contributed by atoms with E-state index in [1.165, 1.54) is 51.4 Å². The van der Waals surface area contributed by atoms with Gasteiger partial charge >= 0.3 is 5.97 Å². The number of aliphatic carboxylic acids is 1. The number of rotatable bonds is 9. The fourth-order valence-corrected chi connectivity index (χ4v) is 8.63. The monoisotopic (exact) mass is 577 g/mol. The summed E-state index contributed by atoms with van der Waals surface area (Å²) in [5, 5.41) is 13.0. The third-order valence-corrected chi connectivity index (χ3v) is 10.2. The number of oxime groups is 1. The molecule has 5 atom stereocenters. The average Bonchev–Trinajstić information content (AvgIpc) is 3.12. The van der Waals surface area contributed by atoms with Crippen LogP contribution in [-0.4, -0.2) is 61.9 Å². The predicted octanol–water partition coefficient (Wildman–Crippen LogP) is 4.38. The van der Waals surface area contributed by atoms with Gasteiger partial charge in [-0.3, -0.25) is 14.5 Å². The Hall–Kier alpha value is -3.27. The molecule has 226 valence electrons. The van der Waals surface area contributed by atoms with E-state index in [1.807, 2.05) is 28.8 Å². The van der Waals surface area contributed by atoms with Gasteiger partial charge in [-0.15, -0.1) is 0 Å². The van der Waals surface area contributed by atoms with Gasteiger partial charge in [0.1, 0.15) is 5.71 Å². The van der Waals surface area contributed by atoms with Crippen LogP contribution < -0.4 is 11.3 Å². The van der Waals surface area contributed by atoms with E-state index >= 15 is 0 Å². The number of hydrogen-bond acceptors (Lipinski definition) is 7. The lowest BCUT2D eigenvalue weighted by molar-refractivity contribution is -0.142. The maximum atomic E-state index is 14.3. The molecule has 4 fully saturated rings. The maximum Gasteiger partial charge on any atom is 0.344 e. The fourth-order valence-electron chi connectivity index (χ4n) is 8.63. The summed E-state index contributed by atoms with van der Waals surface area (Å²) >= 11 is 0. The minimum atomic E-state index is -1.19. The van der Waals surface area contributed by atoms with Gasteiger partial charge in [-0.25, -0.2) is 9.78 Å². The van der Waals surface area contributed by atoms with Crippen LogP contribution in [0.2, 0.25) is 0 Å². The number of carbonyl (C=O) groups excluding carboxylic acids is 1. The predicted molar refractivity (Wildman–Crippen MR) is 159 cm³/mol. The maximum absolute atomic E-state index is 14.3. The average molecular weight is 578 g/mol. The Morgan fingerprint density at radius 1 is 0.905 bits per heavy atom. The van der Waals surface area contributed by atoms with Gasteiger partial charge in [-0.2, -0.15) is 0 Å². The molecule has 3 heterocycles. The molecule has 0 spiro atoms. The fraction of sp³-hybridized carbons (Fsp3) is 0.656. The van der Waals surface area contributed by atoms with Crippen LogP contribution in [0.4, 0.5) is 0 Å². The molecular formula is C32H43N5O5. The van der Waals surface area contributed by atoms with Crippen molar-refractivity contribution in [1.82, 2.24) is 14.5 Å². The van der Waals surface area contributed by atoms with Crippen LogP contribution in [0.1, 0.15) is 102 Å². The smallest absolute Gasteiger partial charge is 0.344 e. The molecule has 10 heteroatoms. The molecule has 3 unspecified atom stereocenters. The molecule has 4 aliphatic rings. The Bertz CT molecular complexity index is 1380. The molecule has 2 saturated carbocycles. The zero-order chi connectivity index (χ0) is 29.2. The number of aromatic nitrogens is 2. The van der Waals surface area contributed by atoms with Crippen LogP contribution in [-0.2, 0) is 14.4 Å². The Kier molecular flexibility index (Phi) is 8.60. The number of carboxylic acids is 1. The van der Waals surface area contributed by atoms with E-state index in [4.69, 9.17) is 15.7 Å². The molecule has 0 radical (unpaired) electrons. The van der Waals surface area contributed by atoms with Gasteiger partial charge in [0.15, 0.2) is 5.69 Å². The van der Waals surface area contributed by atoms with Crippen LogP contribution in [0, 0.1) is 11.8 Å². The third kappa shape index (κ3) is 6.09. The van der Waals surface area contributed by atoms with Gasteiger partial charge in [0.2, 0.25) is 12.5 Å². The lowest BCUT2D eigenvalue weighted by Crippen LogP contribution is -2.58. The molecule has 42 heavy (non-hydrogen) atoms. The Balaban J connectivity index is 1.34. The number of hydrogen-bond donors (Lipinski definition) is 2. The van der Waals surface area contributed by atoms with Crippen molar-refractivity contribution in [1.29, 1.82) is 0 Å². The van der Waals surface area contributed by atoms with Gasteiger partial charge in [-0.1, -0.05) is 49.4 Å². The summed E-state index contributed by atoms with van der Waals surface area (Å²) in [7, 11) is 0. The SMILES string of the molecule is NC(=O)CC/C(=N\OCC(=O)O)c1nc2ccccc2n(C2C[C@H]3CCC[C@@H](C2)N3C2CC3CCCCC(C3)C2)c1=O. The van der Waals surface area contributed by atoms with Gasteiger partial charge < -0.3 is 20.2 Å². The first-order chi connectivity index (χ1) is 20.4. The van der Waals surface area contributed by atoms with Crippen LogP contribution in [0.15, 0.2) is 34.2 Å². The second-order valence-electron chi connectivity index (χ2n) is 13.0. The molecular weight excluding hydrogens is 534 g/mol. The normalized spacial score (nSPS) is 30.0. The highest BCUT2D eigenvalue weighted by atomic mass is 16.6. The first-order valence-electron chi connectivity index (χ1n) is 15.9. The van der Waals surface area contributed by atoms with Crippen molar-refractivity contribution in [2.75, 3.05) is 6.61 Å². The van der Waals surface area contributed by atoms with E-state index in [1.54, 1.807) is 0 Å². The van der Waals surface area contributed by atoms with Crippen molar-refractivity contribution >= 4 is 28.6 Å². The van der Waals surface area contributed by atoms with E-state index in [0.717, 1.165) is 43.0 Å². The third-order valence-electron chi connectivity index (χ3n) is 10.2. The first-order valence-corrected chi connectivity index (χ1v) is 15.9. The van der Waals surface area contributed by atoms with Crippen molar-refractivity contribution in [3.8, 4) is 0 Å². The highest BCUT2D eigenvalue weighted by Gasteiger charge is 2.45. The summed E-state index contributed by atoms with van der Waals surface area (Å²) in [6.45, 7) is -0.660. The highest BCUT2D eigenvalue weighted by Crippen LogP contribution is 2.47. The van der Waals surface area contributed by atoms with Crippen molar-refractivity contribution < 1.29 is 19.5 Å². The van der Waals surface area contributed by atoms with Crippen LogP contribution in [0.25, 0.3) is 11.0 Å². The quantitative estimate of drug-likeness (QED) is 0.333. The summed E-state index contributed by atoms with van der Waals surface area (Å²) < 4.78 is 1.90. The number of para-hydroxylation sites is 2. The molecule has 6 rings (SSSR count). The van der Waals surface area contributed by atoms with Crippen molar-refractivity contribution in [2.45, 2.75) is 114 Å². The van der Waals surface area contributed by atoms with Gasteiger partial charge in [0, 0.05) is 37.0 Å². The summed E-state index contributed by atoms with van der Waals surface area (Å²) in [5.41, 5.74) is 6.78. The summed E-state index contributed by atoms with van der Waals surface area (Å²) in [6, 6.07) is 9.21. The van der Waals surface area contributed by atoms with Crippen molar-refractivity contribution in [2.24, 2.45) is 22.7 Å². The summed E-state index contributed by atoms with van der Waals surface area (Å²) in [5.74, 6) is -0.00634. The van der Waals surface area contributed by atoms with Gasteiger partial charge in [-0.05, 0) is 68.9 Å². The highest BCUT2D eigenvalue weighted by molar-refractivity contribution is 6.01. The van der Waals surface area contributed by atoms with Gasteiger partial charge in [0.05, 0.1) is 11.0 Å². The second kappa shape index (κ2) is 12.5. The lowest BCUT2D eigenvalue weighted by atomic mass is 9.73. The Morgan fingerprint density at radius 2 is 1.60 bits per heavy atom. The standard InChI is InChI=1S/C32H43N5O5/c33-29(38)13-12-27(35-42-19-30(39)40)31-32(41)37(28-11-4-3-10-26(28)34-31)25-17-22-8-5-9-23(18-25)36(22)24-15-20-6-1-2-7-21(14-20)16-24/h3-4,10-11,20-25H,1-2,5-9,12-19H2,(H2,33,38)(H,39,40)/b35-27+/t20?,21?,22-,23+,24?,25?. The number of nitrogens with zero attached hydrogens (tertiary/aromatic N) is 4. The summed E-state index contributed by atoms with van der Waals surface area (Å²) in [4.78, 5) is 49.5. The zero-order valence-electron chi connectivity index (χ0n) is 24.3. The molecule has 1 aromatic carbocycles. The van der Waals surface area contributed by atoms with Crippen LogP contribution >= 0.6 is 0 Å². The Labute approximate surface area is 246 Å². The lowest BCUT2D eigenvalue weighted by Gasteiger charge is -2.54. The molecule has 2 aliphatic carbocycles. The van der Waals surface area contributed by atoms with E-state index in [-0.39, 0.29) is 35.8 Å².